The maximum absolute atomic E-state index is 12.2. The third-order valence-electron chi connectivity index (χ3n) is 3.40. The second-order valence-electron chi connectivity index (χ2n) is 4.68. The van der Waals surface area contributed by atoms with Crippen molar-refractivity contribution in [3.8, 4) is 0 Å². The van der Waals surface area contributed by atoms with Crippen molar-refractivity contribution in [1.82, 2.24) is 14.5 Å². The van der Waals surface area contributed by atoms with Crippen molar-refractivity contribution in [3.63, 3.8) is 0 Å². The highest BCUT2D eigenvalue weighted by atomic mass is 32.2. The van der Waals surface area contributed by atoms with Crippen molar-refractivity contribution in [3.05, 3.63) is 20.0 Å². The van der Waals surface area contributed by atoms with E-state index in [0.717, 1.165) is 11.3 Å². The van der Waals surface area contributed by atoms with Gasteiger partial charge < -0.3 is 15.6 Å². The Hall–Kier alpha value is -1.36. The van der Waals surface area contributed by atoms with Crippen LogP contribution in [-0.4, -0.2) is 43.9 Å². The fourth-order valence-electron chi connectivity index (χ4n) is 2.44. The second-order valence-corrected chi connectivity index (χ2v) is 6.72. The third-order valence-corrected chi connectivity index (χ3v) is 5.37. The van der Waals surface area contributed by atoms with Crippen LogP contribution in [0.1, 0.15) is 12.6 Å². The number of ether oxygens (including phenoxy) is 1. The van der Waals surface area contributed by atoms with E-state index >= 15 is 0 Å². The summed E-state index contributed by atoms with van der Waals surface area (Å²) in [6, 6.07) is 0. The Morgan fingerprint density at radius 1 is 1.62 bits per heavy atom. The summed E-state index contributed by atoms with van der Waals surface area (Å²) in [6.07, 6.45) is 1.65. The number of nitrogen functional groups attached to an aromatic ring is 1. The summed E-state index contributed by atoms with van der Waals surface area (Å²) >= 11 is 2.36. The molecule has 3 heterocycles. The molecule has 3 rings (SSSR count). The Morgan fingerprint density at radius 2 is 2.38 bits per heavy atom. The SMILES string of the molecule is CSC1CC(CO)OC1n1c(=O)sc2c(=O)[nH]c(N)nc21. The molecule has 2 aromatic rings. The molecule has 21 heavy (non-hydrogen) atoms. The molecule has 0 bridgehead atoms. The summed E-state index contributed by atoms with van der Waals surface area (Å²) in [6.45, 7) is -0.111. The summed E-state index contributed by atoms with van der Waals surface area (Å²) < 4.78 is 7.32. The smallest absolute Gasteiger partial charge is 0.311 e. The first kappa shape index (κ1) is 14.6. The molecule has 1 aliphatic rings. The number of nitrogens with two attached hydrogens (primary N) is 1. The van der Waals surface area contributed by atoms with Crippen LogP contribution in [0.25, 0.3) is 10.3 Å². The van der Waals surface area contributed by atoms with E-state index in [0.29, 0.717) is 6.42 Å². The maximum atomic E-state index is 12.2. The van der Waals surface area contributed by atoms with Gasteiger partial charge in [0.1, 0.15) is 4.70 Å². The van der Waals surface area contributed by atoms with E-state index in [1.54, 1.807) is 11.8 Å². The number of hydrogen-bond acceptors (Lipinski definition) is 8. The highest BCUT2D eigenvalue weighted by Crippen LogP contribution is 2.36. The Labute approximate surface area is 126 Å². The first-order valence-corrected chi connectivity index (χ1v) is 8.35. The number of aliphatic hydroxyl groups excluding tert-OH is 1. The number of nitrogens with zero attached hydrogens (tertiary/aromatic N) is 2. The topological polar surface area (TPSA) is 123 Å². The molecule has 1 saturated heterocycles. The lowest BCUT2D eigenvalue weighted by Gasteiger charge is -2.18. The van der Waals surface area contributed by atoms with Crippen LogP contribution in [0, 0.1) is 0 Å². The zero-order chi connectivity index (χ0) is 15.1. The van der Waals surface area contributed by atoms with Gasteiger partial charge in [0.25, 0.3) is 5.56 Å². The molecular formula is C11H14N4O4S2. The Morgan fingerprint density at radius 3 is 3.05 bits per heavy atom. The molecule has 3 unspecified atom stereocenters. The number of fused-ring (bicyclic) bond motifs is 1. The predicted octanol–water partition coefficient (Wildman–Crippen LogP) is -0.260. The standard InChI is InChI=1S/C11H14N4O4S2/c1-20-5-2-4(3-16)19-9(5)15-7-6(21-11(15)18)8(17)14-10(12)13-7/h4-5,9,16H,2-3H2,1H3,(H3,12,13,14,17). The number of rotatable bonds is 3. The van der Waals surface area contributed by atoms with Gasteiger partial charge in [0, 0.05) is 0 Å². The van der Waals surface area contributed by atoms with Gasteiger partial charge in [-0.25, -0.2) is 0 Å². The van der Waals surface area contributed by atoms with E-state index in [1.807, 2.05) is 6.26 Å². The number of aromatic amines is 1. The number of aliphatic hydroxyl groups is 1. The van der Waals surface area contributed by atoms with E-state index in [-0.39, 0.29) is 39.1 Å². The van der Waals surface area contributed by atoms with Crippen LogP contribution < -0.4 is 16.2 Å². The highest BCUT2D eigenvalue weighted by Gasteiger charge is 2.38. The summed E-state index contributed by atoms with van der Waals surface area (Å²) in [5.74, 6) is -0.0449. The lowest BCUT2D eigenvalue weighted by atomic mass is 10.2. The number of aromatic nitrogens is 3. The number of anilines is 1. The van der Waals surface area contributed by atoms with Crippen LogP contribution in [0.15, 0.2) is 9.59 Å². The van der Waals surface area contributed by atoms with E-state index in [2.05, 4.69) is 9.97 Å². The maximum Gasteiger partial charge on any atom is 0.311 e. The number of hydrogen-bond donors (Lipinski definition) is 3. The van der Waals surface area contributed by atoms with Crippen LogP contribution in [0.2, 0.25) is 0 Å². The Bertz CT molecular complexity index is 783. The minimum atomic E-state index is -0.563. The molecule has 0 aliphatic carbocycles. The Balaban J connectivity index is 2.18. The fraction of sp³-hybridized carbons (Fsp3) is 0.545. The van der Waals surface area contributed by atoms with Gasteiger partial charge in [-0.05, 0) is 12.7 Å². The molecule has 2 aromatic heterocycles. The largest absolute Gasteiger partial charge is 0.394 e. The average molecular weight is 330 g/mol. The number of H-pyrrole nitrogens is 1. The summed E-state index contributed by atoms with van der Waals surface area (Å²) in [5, 5.41) is 9.26. The minimum absolute atomic E-state index is 0.0000350. The molecule has 0 radical (unpaired) electrons. The van der Waals surface area contributed by atoms with Crippen molar-refractivity contribution in [2.45, 2.75) is 24.0 Å². The lowest BCUT2D eigenvalue weighted by molar-refractivity contribution is -0.0203. The van der Waals surface area contributed by atoms with Gasteiger partial charge in [0.05, 0.1) is 18.0 Å². The molecule has 1 aliphatic heterocycles. The van der Waals surface area contributed by atoms with Crippen molar-refractivity contribution < 1.29 is 9.84 Å². The van der Waals surface area contributed by atoms with Crippen LogP contribution in [0.5, 0.6) is 0 Å². The van der Waals surface area contributed by atoms with E-state index in [1.165, 1.54) is 4.57 Å². The molecule has 4 N–H and O–H groups in total. The molecule has 114 valence electrons. The normalized spacial score (nSPS) is 25.7. The molecule has 10 heteroatoms. The van der Waals surface area contributed by atoms with Crippen LogP contribution in [0.3, 0.4) is 0 Å². The molecule has 0 aromatic carbocycles. The first-order chi connectivity index (χ1) is 10.0. The minimum Gasteiger partial charge on any atom is -0.394 e. The first-order valence-electron chi connectivity index (χ1n) is 6.25. The monoisotopic (exact) mass is 330 g/mol. The Kier molecular flexibility index (Phi) is 3.78. The molecule has 0 amide bonds. The molecular weight excluding hydrogens is 316 g/mol. The summed E-state index contributed by atoms with van der Waals surface area (Å²) in [7, 11) is 0. The van der Waals surface area contributed by atoms with Gasteiger partial charge >= 0.3 is 4.87 Å². The number of nitrogens with one attached hydrogen (secondary N) is 1. The highest BCUT2D eigenvalue weighted by molar-refractivity contribution is 7.99. The number of thiazole rings is 1. The lowest BCUT2D eigenvalue weighted by Crippen LogP contribution is -2.26. The van der Waals surface area contributed by atoms with Gasteiger partial charge in [-0.2, -0.15) is 16.7 Å². The van der Waals surface area contributed by atoms with Gasteiger partial charge in [0.15, 0.2) is 11.9 Å². The van der Waals surface area contributed by atoms with Crippen LogP contribution in [-0.2, 0) is 4.74 Å². The zero-order valence-electron chi connectivity index (χ0n) is 11.1. The zero-order valence-corrected chi connectivity index (χ0v) is 12.7. The summed E-state index contributed by atoms with van der Waals surface area (Å²) in [4.78, 5) is 30.2. The molecule has 8 nitrogen and oxygen atoms in total. The van der Waals surface area contributed by atoms with Crippen LogP contribution >= 0.6 is 23.1 Å². The third kappa shape index (κ3) is 2.37. The quantitative estimate of drug-likeness (QED) is 0.708. The molecule has 0 spiro atoms. The predicted molar refractivity (Wildman–Crippen MR) is 81.8 cm³/mol. The molecule has 3 atom stereocenters. The van der Waals surface area contributed by atoms with Gasteiger partial charge in [-0.1, -0.05) is 11.3 Å². The van der Waals surface area contributed by atoms with E-state index in [9.17, 15) is 14.7 Å². The van der Waals surface area contributed by atoms with Crippen molar-refractivity contribution in [2.75, 3.05) is 18.6 Å². The fourth-order valence-corrected chi connectivity index (χ4v) is 4.11. The van der Waals surface area contributed by atoms with E-state index in [4.69, 9.17) is 10.5 Å². The van der Waals surface area contributed by atoms with Crippen molar-refractivity contribution in [1.29, 1.82) is 0 Å². The van der Waals surface area contributed by atoms with E-state index < -0.39 is 11.8 Å². The molecule has 0 saturated carbocycles. The van der Waals surface area contributed by atoms with Crippen molar-refractivity contribution >= 4 is 39.4 Å². The molecule has 1 fully saturated rings. The number of thioether (sulfide) groups is 1. The van der Waals surface area contributed by atoms with Crippen LogP contribution in [0.4, 0.5) is 5.95 Å². The van der Waals surface area contributed by atoms with Gasteiger partial charge in [-0.3, -0.25) is 19.1 Å². The van der Waals surface area contributed by atoms with Gasteiger partial charge in [-0.15, -0.1) is 0 Å². The second kappa shape index (κ2) is 5.44. The van der Waals surface area contributed by atoms with Gasteiger partial charge in [0.2, 0.25) is 5.95 Å². The average Bonchev–Trinajstić information content (AvgIpc) is 2.99. The summed E-state index contributed by atoms with van der Waals surface area (Å²) in [5.41, 5.74) is 5.35. The van der Waals surface area contributed by atoms with Crippen molar-refractivity contribution in [2.24, 2.45) is 0 Å².